The van der Waals surface area contributed by atoms with Gasteiger partial charge in [0.15, 0.2) is 5.82 Å². The summed E-state index contributed by atoms with van der Waals surface area (Å²) in [6.45, 7) is 1.50. The molecule has 6 nitrogen and oxygen atoms in total. The number of halogens is 3. The minimum absolute atomic E-state index is 0.00613. The van der Waals surface area contributed by atoms with Gasteiger partial charge in [-0.2, -0.15) is 13.2 Å². The average Bonchev–Trinajstić information content (AvgIpc) is 2.59. The van der Waals surface area contributed by atoms with Gasteiger partial charge in [-0.25, -0.2) is 9.98 Å². The van der Waals surface area contributed by atoms with E-state index in [1.54, 1.807) is 0 Å². The summed E-state index contributed by atoms with van der Waals surface area (Å²) < 4.78 is 45.4. The van der Waals surface area contributed by atoms with Gasteiger partial charge < -0.3 is 9.72 Å². The van der Waals surface area contributed by atoms with Crippen LogP contribution in [-0.4, -0.2) is 28.8 Å². The first-order valence-electron chi connectivity index (χ1n) is 7.62. The smallest absolute Gasteiger partial charge is 0.416 e. The summed E-state index contributed by atoms with van der Waals surface area (Å²) >= 11 is 0. The van der Waals surface area contributed by atoms with Gasteiger partial charge in [-0.05, 0) is 18.6 Å². The fraction of sp³-hybridized carbons (Fsp3) is 0.294. The van der Waals surface area contributed by atoms with Gasteiger partial charge in [-0.15, -0.1) is 0 Å². The first-order valence-corrected chi connectivity index (χ1v) is 7.62. The molecule has 1 N–H and O–H groups in total. The Balaban J connectivity index is 2.35. The number of ether oxygens (including phenoxy) is 1. The lowest BCUT2D eigenvalue weighted by molar-refractivity contribution is -0.144. The number of aromatic amines is 1. The van der Waals surface area contributed by atoms with Crippen LogP contribution in [0.4, 0.5) is 19.0 Å². The third-order valence-electron chi connectivity index (χ3n) is 4.30. The van der Waals surface area contributed by atoms with E-state index in [1.807, 2.05) is 0 Å². The number of alkyl halides is 3. The maximum absolute atomic E-state index is 13.5. The van der Waals surface area contributed by atoms with Crippen molar-refractivity contribution in [3.8, 4) is 0 Å². The number of hydrogen-bond acceptors (Lipinski definition) is 5. The molecule has 2 atom stereocenters. The van der Waals surface area contributed by atoms with Gasteiger partial charge >= 0.3 is 12.1 Å². The molecule has 2 unspecified atom stereocenters. The van der Waals surface area contributed by atoms with E-state index in [2.05, 4.69) is 15.0 Å². The Morgan fingerprint density at radius 1 is 1.27 bits per heavy atom. The van der Waals surface area contributed by atoms with Crippen LogP contribution in [0.5, 0.6) is 0 Å². The van der Waals surface area contributed by atoms with Gasteiger partial charge in [0.25, 0.3) is 5.56 Å². The second-order valence-corrected chi connectivity index (χ2v) is 5.79. The summed E-state index contributed by atoms with van der Waals surface area (Å²) in [6.07, 6.45) is -3.54. The van der Waals surface area contributed by atoms with Gasteiger partial charge in [-0.3, -0.25) is 9.59 Å². The van der Waals surface area contributed by atoms with E-state index in [4.69, 9.17) is 4.74 Å². The van der Waals surface area contributed by atoms with Crippen molar-refractivity contribution in [3.63, 3.8) is 0 Å². The monoisotopic (exact) mass is 365 g/mol. The van der Waals surface area contributed by atoms with Gasteiger partial charge in [-0.1, -0.05) is 18.2 Å². The van der Waals surface area contributed by atoms with E-state index in [1.165, 1.54) is 25.1 Å². The molecule has 0 bridgehead atoms. The first-order chi connectivity index (χ1) is 12.3. The van der Waals surface area contributed by atoms with E-state index < -0.39 is 35.1 Å². The number of rotatable bonds is 2. The number of nitrogens with one attached hydrogen (secondary N) is 1. The normalized spacial score (nSPS) is 19.5. The summed E-state index contributed by atoms with van der Waals surface area (Å²) in [5, 5.41) is 0. The van der Waals surface area contributed by atoms with Crippen LogP contribution in [-0.2, 0) is 15.7 Å². The summed E-state index contributed by atoms with van der Waals surface area (Å²) in [4.78, 5) is 35.1. The molecule has 1 aliphatic heterocycles. The van der Waals surface area contributed by atoms with E-state index in [-0.39, 0.29) is 22.7 Å². The molecule has 0 saturated heterocycles. The van der Waals surface area contributed by atoms with E-state index in [0.717, 1.165) is 19.5 Å². The van der Waals surface area contributed by atoms with Crippen molar-refractivity contribution in [2.45, 2.75) is 19.0 Å². The van der Waals surface area contributed by atoms with Crippen LogP contribution in [0.3, 0.4) is 0 Å². The summed E-state index contributed by atoms with van der Waals surface area (Å²) in [6, 6.07) is 4.83. The topological polar surface area (TPSA) is 84.4 Å². The molecule has 26 heavy (non-hydrogen) atoms. The number of esters is 1. The SMILES string of the molecule is COC(=O)C1C(C)=Nc2nc[nH]c(=O)c2C1c1ccccc1C(F)(F)F. The molecule has 2 aromatic rings. The van der Waals surface area contributed by atoms with Crippen LogP contribution in [0.1, 0.15) is 29.5 Å². The Morgan fingerprint density at radius 2 is 1.96 bits per heavy atom. The minimum atomic E-state index is -4.66. The van der Waals surface area contributed by atoms with Crippen molar-refractivity contribution in [2.75, 3.05) is 7.11 Å². The van der Waals surface area contributed by atoms with Crippen LogP contribution in [0, 0.1) is 5.92 Å². The lowest BCUT2D eigenvalue weighted by Crippen LogP contribution is -2.37. The van der Waals surface area contributed by atoms with Crippen LogP contribution in [0.25, 0.3) is 0 Å². The molecule has 1 aliphatic rings. The maximum atomic E-state index is 13.5. The van der Waals surface area contributed by atoms with Gasteiger partial charge in [0.2, 0.25) is 0 Å². The van der Waals surface area contributed by atoms with Crippen LogP contribution in [0.15, 0.2) is 40.4 Å². The Kier molecular flexibility index (Phi) is 4.39. The molecular formula is C17H14F3N3O3. The molecule has 0 fully saturated rings. The number of benzene rings is 1. The second kappa shape index (κ2) is 6.40. The van der Waals surface area contributed by atoms with Crippen molar-refractivity contribution in [1.29, 1.82) is 0 Å². The minimum Gasteiger partial charge on any atom is -0.468 e. The summed E-state index contributed by atoms with van der Waals surface area (Å²) in [7, 11) is 1.13. The molecule has 0 radical (unpaired) electrons. The number of H-pyrrole nitrogens is 1. The van der Waals surface area contributed by atoms with Crippen LogP contribution < -0.4 is 5.56 Å². The van der Waals surface area contributed by atoms with Crippen molar-refractivity contribution in [2.24, 2.45) is 10.9 Å². The third kappa shape index (κ3) is 2.89. The lowest BCUT2D eigenvalue weighted by atomic mass is 9.75. The molecule has 3 rings (SSSR count). The number of carbonyl (C=O) groups excluding carboxylic acids is 1. The Labute approximate surface area is 145 Å². The molecular weight excluding hydrogens is 351 g/mol. The van der Waals surface area contributed by atoms with Crippen molar-refractivity contribution >= 4 is 17.5 Å². The van der Waals surface area contributed by atoms with Gasteiger partial charge in [0.1, 0.15) is 5.92 Å². The van der Waals surface area contributed by atoms with Crippen molar-refractivity contribution in [1.82, 2.24) is 9.97 Å². The zero-order valence-electron chi connectivity index (χ0n) is 13.8. The highest BCUT2D eigenvalue weighted by molar-refractivity contribution is 6.04. The standard InChI is InChI=1S/C17H14F3N3O3/c1-8-11(16(25)26-2)12(13-14(23-8)21-7-22-15(13)24)9-5-3-4-6-10(9)17(18,19)20/h3-7,11-12H,1-2H3,(H,21,22,24). The van der Waals surface area contributed by atoms with E-state index >= 15 is 0 Å². The number of hydrogen-bond donors (Lipinski definition) is 1. The predicted octanol–water partition coefficient (Wildman–Crippen LogP) is 2.82. The molecule has 0 amide bonds. The molecule has 9 heteroatoms. The van der Waals surface area contributed by atoms with Crippen LogP contribution >= 0.6 is 0 Å². The number of aliphatic imine (C=N–C) groups is 1. The Hall–Kier alpha value is -2.97. The number of methoxy groups -OCH3 is 1. The molecule has 0 spiro atoms. The van der Waals surface area contributed by atoms with E-state index in [0.29, 0.717) is 0 Å². The summed E-state index contributed by atoms with van der Waals surface area (Å²) in [5.41, 5.74) is -1.65. The predicted molar refractivity (Wildman–Crippen MR) is 86.4 cm³/mol. The van der Waals surface area contributed by atoms with Gasteiger partial charge in [0, 0.05) is 11.6 Å². The first kappa shape index (κ1) is 17.8. The molecule has 1 aromatic carbocycles. The zero-order valence-corrected chi connectivity index (χ0v) is 13.8. The molecule has 1 aromatic heterocycles. The Morgan fingerprint density at radius 3 is 2.62 bits per heavy atom. The summed E-state index contributed by atoms with van der Waals surface area (Å²) in [5.74, 6) is -3.16. The fourth-order valence-corrected chi connectivity index (χ4v) is 3.21. The molecule has 136 valence electrons. The highest BCUT2D eigenvalue weighted by Gasteiger charge is 2.44. The quantitative estimate of drug-likeness (QED) is 0.830. The second-order valence-electron chi connectivity index (χ2n) is 5.79. The van der Waals surface area contributed by atoms with Gasteiger partial charge in [0.05, 0.1) is 24.6 Å². The van der Waals surface area contributed by atoms with Crippen molar-refractivity contribution in [3.05, 3.63) is 57.6 Å². The number of fused-ring (bicyclic) bond motifs is 1. The highest BCUT2D eigenvalue weighted by Crippen LogP contribution is 2.44. The lowest BCUT2D eigenvalue weighted by Gasteiger charge is -2.31. The molecule has 0 aliphatic carbocycles. The maximum Gasteiger partial charge on any atom is 0.416 e. The third-order valence-corrected chi connectivity index (χ3v) is 4.30. The largest absolute Gasteiger partial charge is 0.468 e. The molecule has 2 heterocycles. The highest BCUT2D eigenvalue weighted by atomic mass is 19.4. The Bertz CT molecular complexity index is 950. The number of aromatic nitrogens is 2. The number of carbonyl (C=O) groups is 1. The zero-order chi connectivity index (χ0) is 19.1. The average molecular weight is 365 g/mol. The fourth-order valence-electron chi connectivity index (χ4n) is 3.21. The molecule has 0 saturated carbocycles. The van der Waals surface area contributed by atoms with Crippen LogP contribution in [0.2, 0.25) is 0 Å². The van der Waals surface area contributed by atoms with E-state index in [9.17, 15) is 22.8 Å². The van der Waals surface area contributed by atoms with Crippen molar-refractivity contribution < 1.29 is 22.7 Å². The number of nitrogens with zero attached hydrogens (tertiary/aromatic N) is 2.